The Hall–Kier alpha value is -1.20. The van der Waals surface area contributed by atoms with Gasteiger partial charge >= 0.3 is 0 Å². The van der Waals surface area contributed by atoms with E-state index in [1.807, 2.05) is 6.07 Å². The molecule has 1 aromatic rings. The largest absolute Gasteiger partial charge is 0.370 e. The van der Waals surface area contributed by atoms with Gasteiger partial charge in [-0.3, -0.25) is 0 Å². The number of nitrogens with one attached hydrogen (secondary N) is 1. The Morgan fingerprint density at radius 3 is 2.58 bits per heavy atom. The van der Waals surface area contributed by atoms with Gasteiger partial charge in [-0.2, -0.15) is 0 Å². The number of nitrogens with zero attached hydrogens (tertiary/aromatic N) is 2. The summed E-state index contributed by atoms with van der Waals surface area (Å²) in [5, 5.41) is 0. The van der Waals surface area contributed by atoms with Gasteiger partial charge in [0.15, 0.2) is 5.82 Å². The molecule has 1 aliphatic rings. The van der Waals surface area contributed by atoms with Gasteiger partial charge in [-0.05, 0) is 38.0 Å². The molecule has 0 bridgehead atoms. The van der Waals surface area contributed by atoms with Crippen LogP contribution in [0.1, 0.15) is 51.0 Å². The molecule has 0 spiro atoms. The van der Waals surface area contributed by atoms with Crippen molar-refractivity contribution in [2.75, 3.05) is 12.5 Å². The lowest BCUT2D eigenvalue weighted by Crippen LogP contribution is -2.28. The maximum absolute atomic E-state index is 5.75. The van der Waals surface area contributed by atoms with Crippen molar-refractivity contribution in [1.82, 2.24) is 9.97 Å². The molecule has 2 rings (SSSR count). The van der Waals surface area contributed by atoms with E-state index in [2.05, 4.69) is 24.3 Å². The quantitative estimate of drug-likeness (QED) is 0.631. The highest BCUT2D eigenvalue weighted by atomic mass is 16.5. The molecule has 3 N–H and O–H groups in total. The molecule has 1 saturated carbocycles. The first-order chi connectivity index (χ1) is 9.09. The fourth-order valence-corrected chi connectivity index (χ4v) is 2.76. The Bertz CT molecular complexity index is 427. The summed E-state index contributed by atoms with van der Waals surface area (Å²) in [7, 11) is 1.75. The van der Waals surface area contributed by atoms with E-state index in [1.54, 1.807) is 7.11 Å². The molecule has 19 heavy (non-hydrogen) atoms. The van der Waals surface area contributed by atoms with Crippen LogP contribution in [0, 0.1) is 5.92 Å². The lowest BCUT2D eigenvalue weighted by Gasteiger charge is -2.26. The molecule has 5 nitrogen and oxygen atoms in total. The fourth-order valence-electron chi connectivity index (χ4n) is 2.76. The van der Waals surface area contributed by atoms with Crippen LogP contribution < -0.4 is 11.3 Å². The van der Waals surface area contributed by atoms with Crippen molar-refractivity contribution in [2.45, 2.75) is 51.6 Å². The van der Waals surface area contributed by atoms with Gasteiger partial charge in [-0.15, -0.1) is 0 Å². The minimum absolute atomic E-state index is 0.321. The van der Waals surface area contributed by atoms with E-state index in [0.29, 0.717) is 11.7 Å². The average molecular weight is 264 g/mol. The third kappa shape index (κ3) is 3.04. The average Bonchev–Trinajstić information content (AvgIpc) is 2.87. The minimum atomic E-state index is -0.321. The molecule has 0 atom stereocenters. The zero-order valence-electron chi connectivity index (χ0n) is 12.1. The van der Waals surface area contributed by atoms with Gasteiger partial charge in [0.25, 0.3) is 0 Å². The summed E-state index contributed by atoms with van der Waals surface area (Å²) < 4.78 is 5.75. The van der Waals surface area contributed by atoms with Crippen LogP contribution in [0.2, 0.25) is 0 Å². The van der Waals surface area contributed by atoms with E-state index >= 15 is 0 Å². The first-order valence-electron chi connectivity index (χ1n) is 7.00. The predicted octanol–water partition coefficient (Wildman–Crippen LogP) is 2.38. The van der Waals surface area contributed by atoms with Gasteiger partial charge in [0.2, 0.25) is 0 Å². The number of hydrogen-bond acceptors (Lipinski definition) is 5. The van der Waals surface area contributed by atoms with Crippen LogP contribution in [0.3, 0.4) is 0 Å². The maximum atomic E-state index is 5.75. The van der Waals surface area contributed by atoms with Crippen LogP contribution in [-0.2, 0) is 16.8 Å². The van der Waals surface area contributed by atoms with Crippen molar-refractivity contribution in [2.24, 2.45) is 11.8 Å². The summed E-state index contributed by atoms with van der Waals surface area (Å²) in [6, 6.07) is 1.92. The SMILES string of the molecule is COC1(c2nc(CC(C)C)cc(NN)n2)CCCC1. The number of rotatable bonds is 5. The predicted molar refractivity (Wildman–Crippen MR) is 75.5 cm³/mol. The monoisotopic (exact) mass is 264 g/mol. The van der Waals surface area contributed by atoms with Crippen LogP contribution in [0.5, 0.6) is 0 Å². The smallest absolute Gasteiger partial charge is 0.162 e. The zero-order chi connectivity index (χ0) is 13.9. The Morgan fingerprint density at radius 2 is 2.05 bits per heavy atom. The van der Waals surface area contributed by atoms with Gasteiger partial charge in [0.05, 0.1) is 0 Å². The number of nitrogen functional groups attached to an aromatic ring is 1. The Labute approximate surface area is 114 Å². The number of nitrogens with two attached hydrogens (primary N) is 1. The molecule has 0 aliphatic heterocycles. The molecule has 0 amide bonds. The third-order valence-electron chi connectivity index (χ3n) is 3.75. The molecular weight excluding hydrogens is 240 g/mol. The van der Waals surface area contributed by atoms with Gasteiger partial charge in [0, 0.05) is 18.9 Å². The maximum Gasteiger partial charge on any atom is 0.162 e. The summed E-state index contributed by atoms with van der Waals surface area (Å²) in [5.74, 6) is 7.52. The molecular formula is C14H24N4O. The van der Waals surface area contributed by atoms with E-state index in [9.17, 15) is 0 Å². The molecule has 1 aliphatic carbocycles. The van der Waals surface area contributed by atoms with E-state index in [1.165, 1.54) is 0 Å². The molecule has 106 valence electrons. The molecule has 1 heterocycles. The van der Waals surface area contributed by atoms with Crippen LogP contribution in [0.25, 0.3) is 0 Å². The lowest BCUT2D eigenvalue weighted by molar-refractivity contribution is -0.0163. The van der Waals surface area contributed by atoms with Gasteiger partial charge < -0.3 is 10.2 Å². The van der Waals surface area contributed by atoms with E-state index < -0.39 is 0 Å². The van der Waals surface area contributed by atoms with E-state index in [0.717, 1.165) is 43.6 Å². The van der Waals surface area contributed by atoms with Crippen LogP contribution >= 0.6 is 0 Å². The molecule has 5 heteroatoms. The van der Waals surface area contributed by atoms with Gasteiger partial charge in [-0.25, -0.2) is 15.8 Å². The summed E-state index contributed by atoms with van der Waals surface area (Å²) in [5.41, 5.74) is 3.34. The van der Waals surface area contributed by atoms with E-state index in [4.69, 9.17) is 15.6 Å². The van der Waals surface area contributed by atoms with Crippen molar-refractivity contribution in [1.29, 1.82) is 0 Å². The van der Waals surface area contributed by atoms with Crippen molar-refractivity contribution >= 4 is 5.82 Å². The fraction of sp³-hybridized carbons (Fsp3) is 0.714. The van der Waals surface area contributed by atoms with Gasteiger partial charge in [-0.1, -0.05) is 13.8 Å². The third-order valence-corrected chi connectivity index (χ3v) is 3.75. The summed E-state index contributed by atoms with van der Waals surface area (Å²) in [4.78, 5) is 9.23. The molecule has 0 radical (unpaired) electrons. The summed E-state index contributed by atoms with van der Waals surface area (Å²) >= 11 is 0. The highest BCUT2D eigenvalue weighted by Gasteiger charge is 2.38. The number of ether oxygens (including phenoxy) is 1. The van der Waals surface area contributed by atoms with Crippen molar-refractivity contribution < 1.29 is 4.74 Å². The van der Waals surface area contributed by atoms with Crippen LogP contribution in [-0.4, -0.2) is 17.1 Å². The molecule has 0 saturated heterocycles. The molecule has 0 unspecified atom stereocenters. The first kappa shape index (κ1) is 14.2. The Morgan fingerprint density at radius 1 is 1.37 bits per heavy atom. The Kier molecular flexibility index (Phi) is 4.37. The summed E-state index contributed by atoms with van der Waals surface area (Å²) in [6.45, 7) is 4.36. The highest BCUT2D eigenvalue weighted by Crippen LogP contribution is 2.40. The second-order valence-corrected chi connectivity index (χ2v) is 5.72. The molecule has 0 aromatic carbocycles. The van der Waals surface area contributed by atoms with Crippen molar-refractivity contribution in [3.8, 4) is 0 Å². The zero-order valence-corrected chi connectivity index (χ0v) is 12.1. The molecule has 1 aromatic heterocycles. The van der Waals surface area contributed by atoms with Gasteiger partial charge in [0.1, 0.15) is 11.4 Å². The topological polar surface area (TPSA) is 73.1 Å². The lowest BCUT2D eigenvalue weighted by atomic mass is 10.00. The first-order valence-corrected chi connectivity index (χ1v) is 7.00. The second kappa shape index (κ2) is 5.84. The van der Waals surface area contributed by atoms with E-state index in [-0.39, 0.29) is 5.60 Å². The number of anilines is 1. The highest BCUT2D eigenvalue weighted by molar-refractivity contribution is 5.35. The molecule has 1 fully saturated rings. The number of aromatic nitrogens is 2. The van der Waals surface area contributed by atoms with Crippen molar-refractivity contribution in [3.63, 3.8) is 0 Å². The van der Waals surface area contributed by atoms with Crippen molar-refractivity contribution in [3.05, 3.63) is 17.6 Å². The number of hydrazine groups is 1. The normalized spacial score (nSPS) is 17.9. The Balaban J connectivity index is 2.38. The minimum Gasteiger partial charge on any atom is -0.370 e. The summed E-state index contributed by atoms with van der Waals surface area (Å²) in [6.07, 6.45) is 5.22. The standard InChI is InChI=1S/C14H24N4O/c1-10(2)8-11-9-12(18-15)17-13(16-11)14(19-3)6-4-5-7-14/h9-10H,4-8,15H2,1-3H3,(H,16,17,18). The number of methoxy groups -OCH3 is 1. The second-order valence-electron chi connectivity index (χ2n) is 5.72. The van der Waals surface area contributed by atoms with Crippen LogP contribution in [0.15, 0.2) is 6.07 Å². The number of hydrogen-bond donors (Lipinski definition) is 2. The van der Waals surface area contributed by atoms with Crippen LogP contribution in [0.4, 0.5) is 5.82 Å².